The van der Waals surface area contributed by atoms with Crippen LogP contribution in [0.25, 0.3) is 16.6 Å². The second-order valence-corrected chi connectivity index (χ2v) is 7.94. The van der Waals surface area contributed by atoms with E-state index in [9.17, 15) is 9.59 Å². The quantitative estimate of drug-likeness (QED) is 0.433. The first kappa shape index (κ1) is 23.0. The summed E-state index contributed by atoms with van der Waals surface area (Å²) in [6, 6.07) is 13.3. The Bertz CT molecular complexity index is 1410. The van der Waals surface area contributed by atoms with E-state index in [1.54, 1.807) is 32.0 Å². The molecule has 2 heterocycles. The van der Waals surface area contributed by atoms with Crippen LogP contribution in [-0.4, -0.2) is 46.2 Å². The van der Waals surface area contributed by atoms with Gasteiger partial charge in [0.05, 0.1) is 31.8 Å². The summed E-state index contributed by atoms with van der Waals surface area (Å²) in [6.45, 7) is 3.99. The van der Waals surface area contributed by atoms with Crippen LogP contribution in [0.2, 0.25) is 0 Å². The first-order chi connectivity index (χ1) is 16.4. The van der Waals surface area contributed by atoms with E-state index >= 15 is 0 Å². The van der Waals surface area contributed by atoms with Crippen LogP contribution in [-0.2, 0) is 17.8 Å². The molecule has 2 aromatic heterocycles. The Hall–Kier alpha value is -4.14. The molecule has 9 nitrogen and oxygen atoms in total. The van der Waals surface area contributed by atoms with Crippen molar-refractivity contribution >= 4 is 16.8 Å². The highest BCUT2D eigenvalue weighted by atomic mass is 16.5. The molecule has 2 aromatic carbocycles. The zero-order valence-electron chi connectivity index (χ0n) is 19.7. The van der Waals surface area contributed by atoms with Gasteiger partial charge in [-0.25, -0.2) is 9.36 Å². The van der Waals surface area contributed by atoms with Gasteiger partial charge in [-0.2, -0.15) is 10.2 Å². The van der Waals surface area contributed by atoms with Crippen LogP contribution in [0.15, 0.2) is 53.5 Å². The highest BCUT2D eigenvalue weighted by Crippen LogP contribution is 2.27. The number of hydrogen-bond acceptors (Lipinski definition) is 6. The van der Waals surface area contributed by atoms with E-state index in [2.05, 4.69) is 15.5 Å². The van der Waals surface area contributed by atoms with Gasteiger partial charge in [0.15, 0.2) is 11.5 Å². The number of ether oxygens (including phenoxy) is 2. The van der Waals surface area contributed by atoms with E-state index in [4.69, 9.17) is 9.47 Å². The minimum absolute atomic E-state index is 0.180. The summed E-state index contributed by atoms with van der Waals surface area (Å²) >= 11 is 0. The van der Waals surface area contributed by atoms with E-state index in [0.717, 1.165) is 16.8 Å². The lowest BCUT2D eigenvalue weighted by atomic mass is 10.1. The van der Waals surface area contributed by atoms with Gasteiger partial charge >= 0.3 is 0 Å². The van der Waals surface area contributed by atoms with Crippen LogP contribution in [0, 0.1) is 13.8 Å². The molecule has 0 saturated heterocycles. The summed E-state index contributed by atoms with van der Waals surface area (Å²) < 4.78 is 13.4. The Labute approximate surface area is 196 Å². The number of aromatic nitrogens is 4. The highest BCUT2D eigenvalue weighted by molar-refractivity contribution is 5.82. The largest absolute Gasteiger partial charge is 0.493 e. The number of fused-ring (bicyclic) bond motifs is 1. The summed E-state index contributed by atoms with van der Waals surface area (Å²) in [7, 11) is 3.17. The summed E-state index contributed by atoms with van der Waals surface area (Å²) in [5, 5.41) is 12.3. The second kappa shape index (κ2) is 9.78. The van der Waals surface area contributed by atoms with Crippen LogP contribution in [0.1, 0.15) is 16.8 Å². The fourth-order valence-corrected chi connectivity index (χ4v) is 3.89. The predicted octanol–water partition coefficient (Wildman–Crippen LogP) is 2.58. The molecule has 0 aliphatic carbocycles. The average molecular weight is 462 g/mol. The van der Waals surface area contributed by atoms with E-state index < -0.39 is 0 Å². The molecule has 176 valence electrons. The number of carbonyl (C=O) groups excluding carboxylic acids is 1. The molecule has 4 aromatic rings. The Balaban J connectivity index is 1.50. The van der Waals surface area contributed by atoms with Crippen molar-refractivity contribution < 1.29 is 14.3 Å². The molecule has 4 rings (SSSR count). The van der Waals surface area contributed by atoms with Gasteiger partial charge in [-0.05, 0) is 49.6 Å². The smallest absolute Gasteiger partial charge is 0.293 e. The molecule has 0 bridgehead atoms. The minimum Gasteiger partial charge on any atom is -0.493 e. The Morgan fingerprint density at radius 2 is 1.82 bits per heavy atom. The molecule has 1 N–H and O–H groups in total. The van der Waals surface area contributed by atoms with Crippen molar-refractivity contribution in [1.82, 2.24) is 24.9 Å². The molecule has 34 heavy (non-hydrogen) atoms. The highest BCUT2D eigenvalue weighted by Gasteiger charge is 2.17. The molecule has 0 radical (unpaired) electrons. The molecule has 0 spiro atoms. The molecule has 0 aliphatic heterocycles. The first-order valence-electron chi connectivity index (χ1n) is 10.9. The number of rotatable bonds is 8. The maximum atomic E-state index is 13.2. The van der Waals surface area contributed by atoms with Crippen molar-refractivity contribution in [2.45, 2.75) is 26.8 Å². The molecular formula is C25H27N5O4. The van der Waals surface area contributed by atoms with Gasteiger partial charge in [-0.3, -0.25) is 9.59 Å². The normalized spacial score (nSPS) is 10.9. The van der Waals surface area contributed by atoms with Gasteiger partial charge in [0, 0.05) is 11.9 Å². The Kier molecular flexibility index (Phi) is 6.62. The van der Waals surface area contributed by atoms with Crippen molar-refractivity contribution in [1.29, 1.82) is 0 Å². The van der Waals surface area contributed by atoms with Gasteiger partial charge < -0.3 is 14.8 Å². The minimum atomic E-state index is -0.364. The predicted molar refractivity (Wildman–Crippen MR) is 129 cm³/mol. The van der Waals surface area contributed by atoms with E-state index in [1.165, 1.54) is 4.68 Å². The topological polar surface area (TPSA) is 100 Å². The van der Waals surface area contributed by atoms with Gasteiger partial charge in [0.25, 0.3) is 5.56 Å². The van der Waals surface area contributed by atoms with E-state index in [1.807, 2.05) is 49.4 Å². The summed E-state index contributed by atoms with van der Waals surface area (Å²) in [6.07, 6.45) is 2.24. The summed E-state index contributed by atoms with van der Waals surface area (Å²) in [4.78, 5) is 25.8. The van der Waals surface area contributed by atoms with Crippen LogP contribution in [0.5, 0.6) is 11.5 Å². The monoisotopic (exact) mass is 461 g/mol. The first-order valence-corrected chi connectivity index (χ1v) is 10.9. The van der Waals surface area contributed by atoms with Gasteiger partial charge in [0.2, 0.25) is 5.91 Å². The van der Waals surface area contributed by atoms with Gasteiger partial charge in [0.1, 0.15) is 12.1 Å². The maximum Gasteiger partial charge on any atom is 0.293 e. The second-order valence-electron chi connectivity index (χ2n) is 7.94. The number of aryl methyl sites for hydroxylation is 2. The standard InChI is InChI=1S/C25H27N5O4/c1-16-7-5-6-8-20(16)30-24-19(14-27-30)17(2)28-29(25(24)32)15-23(31)26-12-11-18-9-10-21(33-3)22(13-18)34-4/h5-10,13-14H,11-12,15H2,1-4H3,(H,26,31). The third kappa shape index (κ3) is 4.50. The van der Waals surface area contributed by atoms with Gasteiger partial charge in [-0.1, -0.05) is 24.3 Å². The number of hydrogen-bond donors (Lipinski definition) is 1. The summed E-state index contributed by atoms with van der Waals surface area (Å²) in [5.74, 6) is 0.989. The Morgan fingerprint density at radius 3 is 2.56 bits per heavy atom. The molecule has 9 heteroatoms. The molecule has 0 aliphatic rings. The maximum absolute atomic E-state index is 13.2. The lowest BCUT2D eigenvalue weighted by Gasteiger charge is -2.11. The van der Waals surface area contributed by atoms with Crippen LogP contribution in [0.3, 0.4) is 0 Å². The number of para-hydroxylation sites is 1. The number of nitrogens with one attached hydrogen (secondary N) is 1. The van der Waals surface area contributed by atoms with Crippen molar-refractivity contribution in [2.75, 3.05) is 20.8 Å². The molecule has 0 unspecified atom stereocenters. The van der Waals surface area contributed by atoms with Crippen molar-refractivity contribution in [3.05, 3.63) is 75.8 Å². The van der Waals surface area contributed by atoms with Crippen molar-refractivity contribution in [2.24, 2.45) is 0 Å². The third-order valence-corrected chi connectivity index (χ3v) is 5.69. The third-order valence-electron chi connectivity index (χ3n) is 5.69. The fraction of sp³-hybridized carbons (Fsp3) is 0.280. The molecule has 1 amide bonds. The van der Waals surface area contributed by atoms with Crippen molar-refractivity contribution in [3.8, 4) is 17.2 Å². The summed E-state index contributed by atoms with van der Waals surface area (Å²) in [5.41, 5.74) is 3.46. The van der Waals surface area contributed by atoms with Crippen LogP contribution >= 0.6 is 0 Å². The number of benzene rings is 2. The molecule has 0 saturated carbocycles. The number of amides is 1. The van der Waals surface area contributed by atoms with Crippen LogP contribution < -0.4 is 20.3 Å². The zero-order chi connectivity index (χ0) is 24.2. The van der Waals surface area contributed by atoms with Gasteiger partial charge in [-0.15, -0.1) is 0 Å². The lowest BCUT2D eigenvalue weighted by molar-refractivity contribution is -0.121. The van der Waals surface area contributed by atoms with E-state index in [0.29, 0.717) is 41.1 Å². The SMILES string of the molecule is COc1ccc(CCNC(=O)Cn2nc(C)c3cnn(-c4ccccc4C)c3c2=O)cc1OC. The van der Waals surface area contributed by atoms with Crippen molar-refractivity contribution in [3.63, 3.8) is 0 Å². The fourth-order valence-electron chi connectivity index (χ4n) is 3.89. The van der Waals surface area contributed by atoms with E-state index in [-0.39, 0.29) is 18.0 Å². The molecule has 0 atom stereocenters. The average Bonchev–Trinajstić information content (AvgIpc) is 3.28. The van der Waals surface area contributed by atoms with Crippen LogP contribution in [0.4, 0.5) is 0 Å². The molecular weight excluding hydrogens is 434 g/mol. The Morgan fingerprint density at radius 1 is 1.06 bits per heavy atom. The number of nitrogens with zero attached hydrogens (tertiary/aromatic N) is 4. The zero-order valence-corrected chi connectivity index (χ0v) is 19.7. The number of carbonyl (C=O) groups is 1. The number of methoxy groups -OCH3 is 2. The molecule has 0 fully saturated rings. The lowest BCUT2D eigenvalue weighted by Crippen LogP contribution is -2.35.